The van der Waals surface area contributed by atoms with E-state index in [2.05, 4.69) is 24.9 Å². The summed E-state index contributed by atoms with van der Waals surface area (Å²) in [7, 11) is 3.35. The Bertz CT molecular complexity index is 635. The number of aromatic nitrogens is 1. The minimum atomic E-state index is -4.39. The van der Waals surface area contributed by atoms with Crippen LogP contribution in [0.4, 0.5) is 13.2 Å². The van der Waals surface area contributed by atoms with Crippen molar-refractivity contribution in [3.8, 4) is 5.88 Å². The Morgan fingerprint density at radius 1 is 1.38 bits per heavy atom. The van der Waals surface area contributed by atoms with Gasteiger partial charge >= 0.3 is 6.18 Å². The third-order valence-corrected chi connectivity index (χ3v) is 4.22. The molecule has 0 saturated carbocycles. The van der Waals surface area contributed by atoms with Crippen LogP contribution in [0.3, 0.4) is 0 Å². The van der Waals surface area contributed by atoms with Gasteiger partial charge in [-0.3, -0.25) is 4.99 Å². The monoisotopic (exact) mass is 532 g/mol. The summed E-state index contributed by atoms with van der Waals surface area (Å²) in [6.07, 6.45) is -1.95. The van der Waals surface area contributed by atoms with Crippen LogP contribution in [0.1, 0.15) is 12.0 Å². The highest BCUT2D eigenvalue weighted by Crippen LogP contribution is 2.18. The molecule has 0 aliphatic carbocycles. The SMILES string of the molecule is CN=C(NCc1ccnc(OCC(F)(F)F)c1)N1CCC(COCCOC)C1.I. The van der Waals surface area contributed by atoms with Gasteiger partial charge in [0.2, 0.25) is 5.88 Å². The summed E-state index contributed by atoms with van der Waals surface area (Å²) in [6.45, 7) is 2.60. The Balaban J connectivity index is 0.00000420. The van der Waals surface area contributed by atoms with Crippen molar-refractivity contribution in [3.63, 3.8) is 0 Å². The molecule has 1 N–H and O–H groups in total. The number of pyridine rings is 1. The summed E-state index contributed by atoms with van der Waals surface area (Å²) in [5.41, 5.74) is 0.756. The highest BCUT2D eigenvalue weighted by Gasteiger charge is 2.28. The first-order chi connectivity index (χ1) is 13.4. The predicted molar refractivity (Wildman–Crippen MR) is 114 cm³/mol. The number of hydrogen-bond donors (Lipinski definition) is 1. The van der Waals surface area contributed by atoms with Crippen LogP contribution in [0, 0.1) is 5.92 Å². The van der Waals surface area contributed by atoms with Crippen LogP contribution in [-0.4, -0.2) is 75.7 Å². The number of rotatable bonds is 9. The first kappa shape index (κ1) is 25.7. The zero-order valence-electron chi connectivity index (χ0n) is 16.6. The second-order valence-electron chi connectivity index (χ2n) is 6.48. The Labute approximate surface area is 186 Å². The van der Waals surface area contributed by atoms with Crippen molar-refractivity contribution < 1.29 is 27.4 Å². The molecule has 1 aliphatic heterocycles. The molecule has 2 rings (SSSR count). The number of hydrogen-bond acceptors (Lipinski definition) is 5. The smallest absolute Gasteiger partial charge is 0.422 e. The van der Waals surface area contributed by atoms with Crippen molar-refractivity contribution in [2.24, 2.45) is 10.9 Å². The van der Waals surface area contributed by atoms with Crippen LogP contribution < -0.4 is 10.1 Å². The Morgan fingerprint density at radius 2 is 2.17 bits per heavy atom. The van der Waals surface area contributed by atoms with E-state index < -0.39 is 12.8 Å². The third kappa shape index (κ3) is 9.81. The number of ether oxygens (including phenoxy) is 3. The Hall–Kier alpha value is -1.34. The topological polar surface area (TPSA) is 68.2 Å². The number of aliphatic imine (C=N–C) groups is 1. The van der Waals surface area contributed by atoms with Gasteiger partial charge in [0, 0.05) is 52.0 Å². The zero-order valence-corrected chi connectivity index (χ0v) is 18.9. The molecule has 0 spiro atoms. The summed E-state index contributed by atoms with van der Waals surface area (Å²) >= 11 is 0. The summed E-state index contributed by atoms with van der Waals surface area (Å²) in [6, 6.07) is 3.21. The normalized spacial score (nSPS) is 17.2. The first-order valence-corrected chi connectivity index (χ1v) is 9.08. The molecule has 0 amide bonds. The minimum Gasteiger partial charge on any atom is -0.468 e. The Morgan fingerprint density at radius 3 is 2.86 bits per heavy atom. The second kappa shape index (κ2) is 13.1. The molecular weight excluding hydrogens is 504 g/mol. The van der Waals surface area contributed by atoms with Crippen LogP contribution in [0.15, 0.2) is 23.3 Å². The van der Waals surface area contributed by atoms with Gasteiger partial charge in [-0.1, -0.05) is 0 Å². The third-order valence-electron chi connectivity index (χ3n) is 4.22. The number of nitrogens with zero attached hydrogens (tertiary/aromatic N) is 3. The van der Waals surface area contributed by atoms with Crippen molar-refractivity contribution in [2.75, 3.05) is 53.7 Å². The van der Waals surface area contributed by atoms with Crippen molar-refractivity contribution in [1.29, 1.82) is 0 Å². The molecule has 2 heterocycles. The van der Waals surface area contributed by atoms with E-state index in [9.17, 15) is 13.2 Å². The predicted octanol–water partition coefficient (Wildman–Crippen LogP) is 2.70. The molecule has 1 aromatic rings. The summed E-state index contributed by atoms with van der Waals surface area (Å²) in [5, 5.41) is 3.23. The van der Waals surface area contributed by atoms with E-state index in [0.29, 0.717) is 32.3 Å². The van der Waals surface area contributed by atoms with Gasteiger partial charge < -0.3 is 24.4 Å². The molecule has 1 saturated heterocycles. The van der Waals surface area contributed by atoms with Crippen molar-refractivity contribution in [1.82, 2.24) is 15.2 Å². The van der Waals surface area contributed by atoms with Crippen LogP contribution in [0.2, 0.25) is 0 Å². The number of likely N-dealkylation sites (tertiary alicyclic amines) is 1. The molecule has 1 unspecified atom stereocenters. The van der Waals surface area contributed by atoms with E-state index in [4.69, 9.17) is 9.47 Å². The van der Waals surface area contributed by atoms with Crippen LogP contribution in [0.5, 0.6) is 5.88 Å². The minimum absolute atomic E-state index is 0. The molecule has 1 aliphatic rings. The largest absolute Gasteiger partial charge is 0.468 e. The van der Waals surface area contributed by atoms with Crippen LogP contribution >= 0.6 is 24.0 Å². The fourth-order valence-electron chi connectivity index (χ4n) is 2.86. The fourth-order valence-corrected chi connectivity index (χ4v) is 2.86. The van der Waals surface area contributed by atoms with Crippen molar-refractivity contribution in [2.45, 2.75) is 19.1 Å². The lowest BCUT2D eigenvalue weighted by molar-refractivity contribution is -0.154. The van der Waals surface area contributed by atoms with Crippen molar-refractivity contribution in [3.05, 3.63) is 23.9 Å². The lowest BCUT2D eigenvalue weighted by Gasteiger charge is -2.22. The molecular formula is C18H28F3IN4O3. The molecule has 1 fully saturated rings. The molecule has 1 aromatic heterocycles. The van der Waals surface area contributed by atoms with Gasteiger partial charge in [-0.05, 0) is 18.1 Å². The Kier molecular flexibility index (Phi) is 11.6. The van der Waals surface area contributed by atoms with Gasteiger partial charge in [-0.2, -0.15) is 13.2 Å². The van der Waals surface area contributed by atoms with Gasteiger partial charge in [-0.15, -0.1) is 24.0 Å². The number of alkyl halides is 3. The van der Waals surface area contributed by atoms with E-state index >= 15 is 0 Å². The molecule has 166 valence electrons. The van der Waals surface area contributed by atoms with Gasteiger partial charge in [0.15, 0.2) is 12.6 Å². The van der Waals surface area contributed by atoms with Crippen LogP contribution in [-0.2, 0) is 16.0 Å². The van der Waals surface area contributed by atoms with Crippen molar-refractivity contribution >= 4 is 29.9 Å². The maximum atomic E-state index is 12.3. The number of halogens is 4. The summed E-state index contributed by atoms with van der Waals surface area (Å²) in [4.78, 5) is 10.2. The fraction of sp³-hybridized carbons (Fsp3) is 0.667. The molecule has 7 nitrogen and oxygen atoms in total. The molecule has 29 heavy (non-hydrogen) atoms. The molecule has 0 aromatic carbocycles. The molecule has 0 radical (unpaired) electrons. The van der Waals surface area contributed by atoms with Gasteiger partial charge in [0.1, 0.15) is 0 Å². The lowest BCUT2D eigenvalue weighted by Crippen LogP contribution is -2.39. The van der Waals surface area contributed by atoms with Gasteiger partial charge in [-0.25, -0.2) is 4.98 Å². The van der Waals surface area contributed by atoms with E-state index in [1.807, 2.05) is 0 Å². The quantitative estimate of drug-likeness (QED) is 0.229. The lowest BCUT2D eigenvalue weighted by atomic mass is 10.1. The highest BCUT2D eigenvalue weighted by molar-refractivity contribution is 14.0. The molecule has 11 heteroatoms. The van der Waals surface area contributed by atoms with Crippen LogP contribution in [0.25, 0.3) is 0 Å². The maximum Gasteiger partial charge on any atom is 0.422 e. The zero-order chi connectivity index (χ0) is 20.4. The number of guanidine groups is 1. The first-order valence-electron chi connectivity index (χ1n) is 9.08. The maximum absolute atomic E-state index is 12.3. The average molecular weight is 532 g/mol. The molecule has 1 atom stereocenters. The number of methoxy groups -OCH3 is 1. The highest BCUT2D eigenvalue weighted by atomic mass is 127. The van der Waals surface area contributed by atoms with E-state index in [-0.39, 0.29) is 29.9 Å². The average Bonchev–Trinajstić information content (AvgIpc) is 3.13. The van der Waals surface area contributed by atoms with E-state index in [0.717, 1.165) is 31.0 Å². The van der Waals surface area contributed by atoms with E-state index in [1.54, 1.807) is 20.2 Å². The second-order valence-corrected chi connectivity index (χ2v) is 6.48. The summed E-state index contributed by atoms with van der Waals surface area (Å²) < 4.78 is 52.0. The summed E-state index contributed by atoms with van der Waals surface area (Å²) in [5.74, 6) is 1.12. The number of nitrogens with one attached hydrogen (secondary N) is 1. The standard InChI is InChI=1S/C18H27F3N4O3.HI/c1-22-17(25-6-4-15(11-25)12-27-8-7-26-2)24-10-14-3-5-23-16(9-14)28-13-18(19,20)21;/h3,5,9,15H,4,6-8,10-13H2,1-2H3,(H,22,24);1H. The van der Waals surface area contributed by atoms with Gasteiger partial charge in [0.25, 0.3) is 0 Å². The van der Waals surface area contributed by atoms with Gasteiger partial charge in [0.05, 0.1) is 19.8 Å². The molecule has 0 bridgehead atoms. The van der Waals surface area contributed by atoms with E-state index in [1.165, 1.54) is 12.3 Å².